The van der Waals surface area contributed by atoms with Crippen LogP contribution in [0, 0.1) is 0 Å². The summed E-state index contributed by atoms with van der Waals surface area (Å²) < 4.78 is 0. The quantitative estimate of drug-likeness (QED) is 0.243. The Balaban J connectivity index is -0.000000125. The Morgan fingerprint density at radius 2 is 1.12 bits per heavy atom. The summed E-state index contributed by atoms with van der Waals surface area (Å²) in [7, 11) is 0. The van der Waals surface area contributed by atoms with E-state index in [-0.39, 0.29) is 70.2 Å². The van der Waals surface area contributed by atoms with Gasteiger partial charge in [0.15, 0.2) is 0 Å². The molecule has 0 rings (SSSR count). The molecule has 6 heteroatoms. The molecule has 0 saturated heterocycles. The van der Waals surface area contributed by atoms with Crippen LogP contribution in [0.4, 0.5) is 0 Å². The van der Waals surface area contributed by atoms with Gasteiger partial charge in [-0.25, -0.2) is 0 Å². The van der Waals surface area contributed by atoms with Crippen molar-refractivity contribution in [3.05, 3.63) is 0 Å². The van der Waals surface area contributed by atoms with E-state index in [1.807, 2.05) is 0 Å². The van der Waals surface area contributed by atoms with Crippen molar-refractivity contribution in [3.8, 4) is 0 Å². The van der Waals surface area contributed by atoms with Crippen LogP contribution in [0.2, 0.25) is 0 Å². The molecular weight excluding hydrogens is 134 g/mol. The van der Waals surface area contributed by atoms with E-state index in [4.69, 9.17) is 19.8 Å². The Morgan fingerprint density at radius 3 is 1.12 bits per heavy atom. The van der Waals surface area contributed by atoms with Gasteiger partial charge in [0.1, 0.15) is 0 Å². The van der Waals surface area contributed by atoms with E-state index in [1.54, 1.807) is 0 Å². The maximum Gasteiger partial charge on any atom is 1.00 e. The molecule has 4 nitrogen and oxygen atoms in total. The number of carbonyl (C=O) groups is 2. The number of rotatable bonds is 0. The van der Waals surface area contributed by atoms with E-state index in [2.05, 4.69) is 0 Å². The molecule has 0 bridgehead atoms. The molecule has 0 radical (unpaired) electrons. The summed E-state index contributed by atoms with van der Waals surface area (Å²) in [5, 5.41) is 17.9. The molecule has 34 valence electrons. The molecule has 0 aromatic rings. The maximum absolute atomic E-state index is 8.93. The van der Waals surface area contributed by atoms with Gasteiger partial charge in [-0.3, -0.25) is 0 Å². The molecule has 0 fully saturated rings. The standard InChI is InChI=1S/C2H2O4.K.Li/c3-1(4)2(5)6;;/h(H,3,4)(H,5,6);;/q;2*+1/p-2. The average Bonchev–Trinajstić information content (AvgIpc) is 1.36. The number of hydrogen-bond acceptors (Lipinski definition) is 4. The molecule has 0 saturated carbocycles. The first kappa shape index (κ1) is 16.1. The molecule has 0 heterocycles. The number of carboxylic acids is 2. The van der Waals surface area contributed by atoms with Crippen molar-refractivity contribution in [1.29, 1.82) is 0 Å². The number of hydrogen-bond donors (Lipinski definition) is 0. The van der Waals surface area contributed by atoms with Crippen LogP contribution in [0.15, 0.2) is 0 Å². The molecule has 0 amide bonds. The van der Waals surface area contributed by atoms with Gasteiger partial charge in [0, 0.05) is 0 Å². The number of aliphatic carboxylic acids is 2. The second-order valence-electron chi connectivity index (χ2n) is 0.575. The maximum atomic E-state index is 8.93. The van der Waals surface area contributed by atoms with Crippen LogP contribution in [0.1, 0.15) is 0 Å². The monoisotopic (exact) mass is 134 g/mol. The van der Waals surface area contributed by atoms with Crippen molar-refractivity contribution in [3.63, 3.8) is 0 Å². The fourth-order valence-electron chi connectivity index (χ4n) is 0. The van der Waals surface area contributed by atoms with Crippen molar-refractivity contribution in [2.75, 3.05) is 0 Å². The Bertz CT molecular complexity index is 80.0. The van der Waals surface area contributed by atoms with E-state index < -0.39 is 11.9 Å². The molecular formula is C2KLiO4. The third-order valence-corrected chi connectivity index (χ3v) is 0.167. The molecule has 0 atom stereocenters. The van der Waals surface area contributed by atoms with E-state index in [0.717, 1.165) is 0 Å². The predicted molar refractivity (Wildman–Crippen MR) is 10.0 cm³/mol. The molecule has 0 spiro atoms. The fourth-order valence-corrected chi connectivity index (χ4v) is 0. The average molecular weight is 134 g/mol. The zero-order valence-electron chi connectivity index (χ0n) is 4.63. The zero-order chi connectivity index (χ0) is 5.15. The van der Waals surface area contributed by atoms with E-state index >= 15 is 0 Å². The van der Waals surface area contributed by atoms with Gasteiger partial charge in [0.25, 0.3) is 0 Å². The zero-order valence-corrected chi connectivity index (χ0v) is 7.76. The summed E-state index contributed by atoms with van der Waals surface area (Å²) >= 11 is 0. The first-order chi connectivity index (χ1) is 2.64. The molecule has 0 N–H and O–H groups in total. The van der Waals surface area contributed by atoms with Gasteiger partial charge in [-0.1, -0.05) is 0 Å². The number of carboxylic acid groups (broad SMARTS) is 2. The molecule has 8 heavy (non-hydrogen) atoms. The first-order valence-electron chi connectivity index (χ1n) is 1.07. The second-order valence-corrected chi connectivity index (χ2v) is 0.575. The Kier molecular flexibility index (Phi) is 16.4. The Hall–Kier alpha value is 1.17. The van der Waals surface area contributed by atoms with E-state index in [0.29, 0.717) is 0 Å². The summed E-state index contributed by atoms with van der Waals surface area (Å²) in [6.45, 7) is 0. The summed E-state index contributed by atoms with van der Waals surface area (Å²) in [5.74, 6) is -4.37. The third kappa shape index (κ3) is 10.2. The van der Waals surface area contributed by atoms with Crippen LogP contribution in [0.5, 0.6) is 0 Å². The van der Waals surface area contributed by atoms with Gasteiger partial charge in [-0.2, -0.15) is 0 Å². The van der Waals surface area contributed by atoms with Crippen molar-refractivity contribution in [2.45, 2.75) is 0 Å². The molecule has 0 aliphatic carbocycles. The van der Waals surface area contributed by atoms with Crippen LogP contribution < -0.4 is 80.5 Å². The topological polar surface area (TPSA) is 80.3 Å². The van der Waals surface area contributed by atoms with Gasteiger partial charge in [0.05, 0.1) is 11.9 Å². The van der Waals surface area contributed by atoms with Crippen LogP contribution in [0.3, 0.4) is 0 Å². The summed E-state index contributed by atoms with van der Waals surface area (Å²) in [6, 6.07) is 0. The Morgan fingerprint density at radius 1 is 1.00 bits per heavy atom. The minimum atomic E-state index is -2.19. The van der Waals surface area contributed by atoms with E-state index in [1.165, 1.54) is 0 Å². The predicted octanol–water partition coefficient (Wildman–Crippen LogP) is -9.51. The molecule has 0 aliphatic rings. The fraction of sp³-hybridized carbons (Fsp3) is 0. The van der Waals surface area contributed by atoms with Crippen LogP contribution >= 0.6 is 0 Å². The van der Waals surface area contributed by atoms with Gasteiger partial charge in [-0.15, -0.1) is 0 Å². The summed E-state index contributed by atoms with van der Waals surface area (Å²) in [4.78, 5) is 17.9. The first-order valence-corrected chi connectivity index (χ1v) is 1.07. The van der Waals surface area contributed by atoms with Gasteiger partial charge < -0.3 is 19.8 Å². The summed E-state index contributed by atoms with van der Waals surface area (Å²) in [5.41, 5.74) is 0. The van der Waals surface area contributed by atoms with Crippen molar-refractivity contribution < 1.29 is 90.0 Å². The van der Waals surface area contributed by atoms with Crippen LogP contribution in [-0.2, 0) is 9.59 Å². The van der Waals surface area contributed by atoms with Gasteiger partial charge >= 0.3 is 70.2 Å². The van der Waals surface area contributed by atoms with Crippen molar-refractivity contribution >= 4 is 11.9 Å². The van der Waals surface area contributed by atoms with Crippen LogP contribution in [-0.4, -0.2) is 11.9 Å². The molecule has 0 unspecified atom stereocenters. The van der Waals surface area contributed by atoms with E-state index in [9.17, 15) is 0 Å². The molecule has 0 aliphatic heterocycles. The second kappa shape index (κ2) is 8.17. The minimum absolute atomic E-state index is 0. The van der Waals surface area contributed by atoms with Gasteiger partial charge in [0.2, 0.25) is 0 Å². The minimum Gasteiger partial charge on any atom is -0.543 e. The van der Waals surface area contributed by atoms with Crippen molar-refractivity contribution in [1.82, 2.24) is 0 Å². The third-order valence-electron chi connectivity index (χ3n) is 0.167. The Labute approximate surface area is 100 Å². The van der Waals surface area contributed by atoms with Crippen molar-refractivity contribution in [2.24, 2.45) is 0 Å². The largest absolute Gasteiger partial charge is 1.00 e. The molecule has 0 aromatic heterocycles. The summed E-state index contributed by atoms with van der Waals surface area (Å²) in [6.07, 6.45) is 0. The van der Waals surface area contributed by atoms with Gasteiger partial charge in [-0.05, 0) is 0 Å². The molecule has 0 aromatic carbocycles. The SMILES string of the molecule is O=C([O-])C(=O)[O-].[K+].[Li+]. The van der Waals surface area contributed by atoms with Crippen LogP contribution in [0.25, 0.3) is 0 Å². The number of carbonyl (C=O) groups excluding carboxylic acids is 2. The normalized spacial score (nSPS) is 5.50. The smallest absolute Gasteiger partial charge is 0.543 e.